The van der Waals surface area contributed by atoms with Gasteiger partial charge >= 0.3 is 53.7 Å². The Balaban J connectivity index is 1.82. The van der Waals surface area contributed by atoms with Crippen LogP contribution in [0.25, 0.3) is 0 Å². The van der Waals surface area contributed by atoms with E-state index >= 15 is 0 Å². The Morgan fingerprint density at radius 2 is 0.851 bits per heavy atom. The average molecular weight is 959 g/mol. The first-order valence-corrected chi connectivity index (χ1v) is 20.6. The molecular weight excluding hydrogens is 904 g/mol. The Kier molecular flexibility index (Phi) is 19.6. The highest BCUT2D eigenvalue weighted by Crippen LogP contribution is 2.37. The number of hydrogen-bond donors (Lipinski definition) is 0. The van der Waals surface area contributed by atoms with Gasteiger partial charge in [-0.05, 0) is 24.3 Å². The molecule has 4 rings (SSSR count). The maximum Gasteiger partial charge on any atom is 0.303 e. The second-order valence-corrected chi connectivity index (χ2v) is 15.0. The fourth-order valence-electron chi connectivity index (χ4n) is 7.20. The third-order valence-electron chi connectivity index (χ3n) is 9.48. The van der Waals surface area contributed by atoms with Gasteiger partial charge in [-0.25, -0.2) is 0 Å². The van der Waals surface area contributed by atoms with Crippen LogP contribution in [0.15, 0.2) is 24.3 Å². The van der Waals surface area contributed by atoms with Crippen LogP contribution in [0.2, 0.25) is 0 Å². The molecule has 67 heavy (non-hydrogen) atoms. The van der Waals surface area contributed by atoms with Crippen molar-refractivity contribution in [1.82, 2.24) is 0 Å². The zero-order chi connectivity index (χ0) is 49.7. The zero-order valence-corrected chi connectivity index (χ0v) is 38.2. The van der Waals surface area contributed by atoms with Gasteiger partial charge in [0.15, 0.2) is 55.3 Å². The highest BCUT2D eigenvalue weighted by atomic mass is 16.8. The summed E-state index contributed by atoms with van der Waals surface area (Å²) in [4.78, 5) is 112. The first-order valence-electron chi connectivity index (χ1n) is 20.6. The summed E-state index contributed by atoms with van der Waals surface area (Å²) in [5.41, 5.74) is 0. The molecule has 0 aliphatic carbocycles. The summed E-state index contributed by atoms with van der Waals surface area (Å²) in [6.07, 6.45) is -23.1. The third kappa shape index (κ3) is 15.7. The Bertz CT molecular complexity index is 1940. The van der Waals surface area contributed by atoms with E-state index in [4.69, 9.17) is 75.8 Å². The average Bonchev–Trinajstić information content (AvgIpc) is 3.21. The third-order valence-corrected chi connectivity index (χ3v) is 9.48. The summed E-state index contributed by atoms with van der Waals surface area (Å²) in [7, 11) is 1.44. The second kappa shape index (κ2) is 24.6. The predicted octanol–water partition coefficient (Wildman–Crippen LogP) is 0.299. The van der Waals surface area contributed by atoms with E-state index in [1.165, 1.54) is 19.2 Å². The number of methoxy groups -OCH3 is 1. The highest BCUT2D eigenvalue weighted by Gasteiger charge is 2.58. The Labute approximate surface area is 383 Å². The molecule has 3 fully saturated rings. The SMILES string of the molecule is COc1ccc(O[C@@H]2O[C@H](COC(C)=O)[C@@H](O[C@@H]3O[C@H](CO[C@H]4OC[C@@H](OC(C)=O)[C@H](OC(C)=O)[C@H]4OC(C)=O)[C@@H](OC(C)=O)[C@H](OC(C)=O)[C@H]3OC(C)=O)[C@H](OC(C)=O)[C@H]2OC(C)=O)cc1. The van der Waals surface area contributed by atoms with Crippen molar-refractivity contribution in [1.29, 1.82) is 0 Å². The molecule has 372 valence electrons. The van der Waals surface area contributed by atoms with E-state index in [9.17, 15) is 43.2 Å². The minimum atomic E-state index is -1.96. The first-order chi connectivity index (χ1) is 31.6. The van der Waals surface area contributed by atoms with Crippen LogP contribution in [-0.2, 0) is 109 Å². The summed E-state index contributed by atoms with van der Waals surface area (Å²) in [6, 6.07) is 6.10. The van der Waals surface area contributed by atoms with Crippen LogP contribution in [0.5, 0.6) is 11.5 Å². The largest absolute Gasteiger partial charge is 0.497 e. The molecule has 3 aliphatic heterocycles. The molecule has 0 bridgehead atoms. The first kappa shape index (κ1) is 53.5. The smallest absolute Gasteiger partial charge is 0.303 e. The monoisotopic (exact) mass is 958 g/mol. The van der Waals surface area contributed by atoms with Crippen molar-refractivity contribution in [3.63, 3.8) is 0 Å². The van der Waals surface area contributed by atoms with Crippen LogP contribution in [0.3, 0.4) is 0 Å². The molecule has 3 aliphatic rings. The molecular formula is C42H54O25. The van der Waals surface area contributed by atoms with Crippen molar-refractivity contribution in [3.8, 4) is 11.5 Å². The standard InChI is InChI=1S/C42H54O25/c1-18(43)53-15-30-33(36(60-23(6)48)38(62-25(8)50)41(65-30)64-28-13-11-27(52-10)12-14-28)67-42-39(63-26(9)51)35(59-22(5)47)32(57-20(3)45)31(66-42)17-55-40-37(61-24(7)49)34(58-21(4)46)29(16-54-40)56-19(2)44/h11-14,29-42H,15-17H2,1-10H3/t29-,30-,31-,32-,33-,34+,35+,36+,37-,38-,39-,40-,41-,42+/m1/s1. The van der Waals surface area contributed by atoms with Crippen LogP contribution in [-0.4, -0.2) is 167 Å². The topological polar surface area (TPSA) is 301 Å². The molecule has 1 aromatic rings. The molecule has 1 aromatic carbocycles. The fourth-order valence-corrected chi connectivity index (χ4v) is 7.20. The van der Waals surface area contributed by atoms with Gasteiger partial charge in [0.25, 0.3) is 0 Å². The van der Waals surface area contributed by atoms with E-state index in [2.05, 4.69) is 0 Å². The van der Waals surface area contributed by atoms with Crippen LogP contribution < -0.4 is 9.47 Å². The molecule has 25 nitrogen and oxygen atoms in total. The lowest BCUT2D eigenvalue weighted by atomic mass is 9.96. The van der Waals surface area contributed by atoms with Gasteiger partial charge in [0, 0.05) is 62.3 Å². The van der Waals surface area contributed by atoms with Crippen molar-refractivity contribution < 1.29 is 119 Å². The van der Waals surface area contributed by atoms with Gasteiger partial charge in [-0.15, -0.1) is 0 Å². The van der Waals surface area contributed by atoms with Crippen molar-refractivity contribution >= 4 is 53.7 Å². The summed E-state index contributed by atoms with van der Waals surface area (Å²) in [5.74, 6) is -7.48. The van der Waals surface area contributed by atoms with Gasteiger partial charge in [0.1, 0.15) is 36.4 Å². The number of esters is 9. The van der Waals surface area contributed by atoms with E-state index in [-0.39, 0.29) is 5.75 Å². The van der Waals surface area contributed by atoms with Crippen LogP contribution in [0, 0.1) is 0 Å². The molecule has 0 saturated carbocycles. The zero-order valence-electron chi connectivity index (χ0n) is 38.2. The molecule has 0 unspecified atom stereocenters. The number of hydrogen-bond acceptors (Lipinski definition) is 25. The van der Waals surface area contributed by atoms with Crippen molar-refractivity contribution in [3.05, 3.63) is 24.3 Å². The highest BCUT2D eigenvalue weighted by molar-refractivity contribution is 5.70. The Morgan fingerprint density at radius 1 is 0.448 bits per heavy atom. The summed E-state index contributed by atoms with van der Waals surface area (Å²) in [5, 5.41) is 0. The van der Waals surface area contributed by atoms with Gasteiger partial charge in [-0.3, -0.25) is 43.2 Å². The van der Waals surface area contributed by atoms with Crippen LogP contribution in [0.4, 0.5) is 0 Å². The number of benzene rings is 1. The molecule has 3 saturated heterocycles. The maximum absolute atomic E-state index is 12.8. The van der Waals surface area contributed by atoms with E-state index < -0.39 is 160 Å². The van der Waals surface area contributed by atoms with E-state index in [1.54, 1.807) is 12.1 Å². The van der Waals surface area contributed by atoms with Gasteiger partial charge < -0.3 is 75.8 Å². The van der Waals surface area contributed by atoms with E-state index in [0.29, 0.717) is 5.75 Å². The molecule has 14 atom stereocenters. The quantitative estimate of drug-likeness (QED) is 0.141. The minimum Gasteiger partial charge on any atom is -0.497 e. The normalized spacial score (nSPS) is 30.2. The Morgan fingerprint density at radius 3 is 1.34 bits per heavy atom. The fraction of sp³-hybridized carbons (Fsp3) is 0.643. The van der Waals surface area contributed by atoms with Crippen molar-refractivity contribution in [2.45, 2.75) is 148 Å². The maximum atomic E-state index is 12.8. The molecule has 0 N–H and O–H groups in total. The molecule has 0 amide bonds. The summed E-state index contributed by atoms with van der Waals surface area (Å²) in [6.45, 7) is 7.50. The number of carbonyl (C=O) groups excluding carboxylic acids is 9. The lowest BCUT2D eigenvalue weighted by Crippen LogP contribution is -2.67. The summed E-state index contributed by atoms with van der Waals surface area (Å²) >= 11 is 0. The molecule has 3 heterocycles. The lowest BCUT2D eigenvalue weighted by molar-refractivity contribution is -0.359. The van der Waals surface area contributed by atoms with Gasteiger partial charge in [0.05, 0.1) is 20.3 Å². The number of carbonyl (C=O) groups is 9. The lowest BCUT2D eigenvalue weighted by Gasteiger charge is -2.49. The van der Waals surface area contributed by atoms with Gasteiger partial charge in [-0.1, -0.05) is 0 Å². The minimum absolute atomic E-state index is 0.156. The predicted molar refractivity (Wildman–Crippen MR) is 213 cm³/mol. The number of ether oxygens (including phenoxy) is 16. The van der Waals surface area contributed by atoms with Crippen molar-refractivity contribution in [2.24, 2.45) is 0 Å². The second-order valence-electron chi connectivity index (χ2n) is 15.0. The molecule has 0 aromatic heterocycles. The number of rotatable bonds is 18. The van der Waals surface area contributed by atoms with Gasteiger partial charge in [0.2, 0.25) is 12.4 Å². The molecule has 0 radical (unpaired) electrons. The van der Waals surface area contributed by atoms with Crippen LogP contribution in [0.1, 0.15) is 62.3 Å². The van der Waals surface area contributed by atoms with E-state index in [1.807, 2.05) is 0 Å². The summed E-state index contributed by atoms with van der Waals surface area (Å²) < 4.78 is 91.6. The van der Waals surface area contributed by atoms with Gasteiger partial charge in [-0.2, -0.15) is 0 Å². The molecule has 0 spiro atoms. The van der Waals surface area contributed by atoms with Crippen molar-refractivity contribution in [2.75, 3.05) is 26.9 Å². The molecule has 25 heteroatoms. The Hall–Kier alpha value is -6.15. The van der Waals surface area contributed by atoms with E-state index in [0.717, 1.165) is 62.3 Å². The van der Waals surface area contributed by atoms with Crippen LogP contribution >= 0.6 is 0 Å².